The fourth-order valence-electron chi connectivity index (χ4n) is 2.97. The highest BCUT2D eigenvalue weighted by Crippen LogP contribution is 2.26. The Morgan fingerprint density at radius 2 is 2.32 bits per heavy atom. The summed E-state index contributed by atoms with van der Waals surface area (Å²) in [6.07, 6.45) is 1.85. The van der Waals surface area contributed by atoms with Crippen molar-refractivity contribution in [3.05, 3.63) is 41.6 Å². The van der Waals surface area contributed by atoms with Gasteiger partial charge < -0.3 is 15.4 Å². The molecule has 1 aromatic carbocycles. The predicted octanol–water partition coefficient (Wildman–Crippen LogP) is 2.59. The molecule has 0 amide bonds. The Hall–Kier alpha value is -2.01. The van der Waals surface area contributed by atoms with Crippen molar-refractivity contribution in [2.75, 3.05) is 25.5 Å². The largest absolute Gasteiger partial charge is 0.496 e. The number of aromatic nitrogens is 2. The molecular formula is C17H24N4O. The second-order valence-corrected chi connectivity index (χ2v) is 6.02. The van der Waals surface area contributed by atoms with Gasteiger partial charge in [-0.3, -0.25) is 0 Å². The number of aryl methyl sites for hydroxylation is 1. The summed E-state index contributed by atoms with van der Waals surface area (Å²) in [5.74, 6) is 2.59. The summed E-state index contributed by atoms with van der Waals surface area (Å²) in [6.45, 7) is 7.19. The van der Waals surface area contributed by atoms with Crippen molar-refractivity contribution >= 4 is 5.82 Å². The summed E-state index contributed by atoms with van der Waals surface area (Å²) in [5, 5.41) is 11.4. The molecule has 0 fully saturated rings. The third-order valence-corrected chi connectivity index (χ3v) is 4.28. The van der Waals surface area contributed by atoms with E-state index in [1.807, 2.05) is 23.0 Å². The van der Waals surface area contributed by atoms with Crippen molar-refractivity contribution in [2.45, 2.75) is 26.4 Å². The first kappa shape index (κ1) is 14.9. The van der Waals surface area contributed by atoms with Gasteiger partial charge >= 0.3 is 0 Å². The molecule has 22 heavy (non-hydrogen) atoms. The van der Waals surface area contributed by atoms with Gasteiger partial charge in [0.1, 0.15) is 11.6 Å². The number of hydrogen-bond donors (Lipinski definition) is 2. The molecule has 5 nitrogen and oxygen atoms in total. The van der Waals surface area contributed by atoms with Crippen LogP contribution in [0.5, 0.6) is 5.75 Å². The summed E-state index contributed by atoms with van der Waals surface area (Å²) in [5.41, 5.74) is 2.47. The van der Waals surface area contributed by atoms with Crippen LogP contribution >= 0.6 is 0 Å². The van der Waals surface area contributed by atoms with Gasteiger partial charge in [0.25, 0.3) is 0 Å². The van der Waals surface area contributed by atoms with Gasteiger partial charge in [-0.05, 0) is 19.9 Å². The van der Waals surface area contributed by atoms with E-state index < -0.39 is 0 Å². The quantitative estimate of drug-likeness (QED) is 0.891. The highest BCUT2D eigenvalue weighted by Gasteiger charge is 2.19. The molecule has 2 atom stereocenters. The first-order valence-corrected chi connectivity index (χ1v) is 7.81. The smallest absolute Gasteiger partial charge is 0.124 e. The Kier molecular flexibility index (Phi) is 4.34. The molecule has 2 heterocycles. The molecule has 5 heteroatoms. The monoisotopic (exact) mass is 300 g/mol. The number of nitrogens with zero attached hydrogens (tertiary/aromatic N) is 2. The topological polar surface area (TPSA) is 51.1 Å². The highest BCUT2D eigenvalue weighted by molar-refractivity contribution is 5.39. The molecule has 1 aliphatic heterocycles. The van der Waals surface area contributed by atoms with E-state index in [4.69, 9.17) is 4.74 Å². The fourth-order valence-corrected chi connectivity index (χ4v) is 2.97. The second-order valence-electron chi connectivity index (χ2n) is 6.02. The number of ether oxygens (including phenoxy) is 1. The molecule has 0 saturated carbocycles. The number of fused-ring (bicyclic) bond motifs is 1. The lowest BCUT2D eigenvalue weighted by molar-refractivity contribution is 0.367. The Labute approximate surface area is 131 Å². The summed E-state index contributed by atoms with van der Waals surface area (Å²) >= 11 is 0. The Morgan fingerprint density at radius 1 is 1.45 bits per heavy atom. The Balaban J connectivity index is 1.61. The molecule has 0 bridgehead atoms. The zero-order chi connectivity index (χ0) is 15.5. The lowest BCUT2D eigenvalue weighted by atomic mass is 10.0. The first-order chi connectivity index (χ1) is 10.7. The van der Waals surface area contributed by atoms with Crippen LogP contribution in [-0.4, -0.2) is 30.0 Å². The third-order valence-electron chi connectivity index (χ3n) is 4.28. The van der Waals surface area contributed by atoms with E-state index in [2.05, 4.69) is 41.7 Å². The maximum atomic E-state index is 5.48. The summed E-state index contributed by atoms with van der Waals surface area (Å²) in [7, 11) is 1.73. The molecule has 1 aromatic heterocycles. The van der Waals surface area contributed by atoms with Crippen LogP contribution in [0.3, 0.4) is 0 Å². The summed E-state index contributed by atoms with van der Waals surface area (Å²) in [4.78, 5) is 0. The predicted molar refractivity (Wildman–Crippen MR) is 88.4 cm³/mol. The standard InChI is InChI=1S/C17H24N4O/c1-12-4-5-16(22-3)15(8-12)13(2)18-9-14-10-19-17-6-7-20-21(17)11-14/h4-8,13-14,18-19H,9-11H2,1-3H3/t13-,14+/m0/s1. The van der Waals surface area contributed by atoms with Crippen molar-refractivity contribution in [3.8, 4) is 5.75 Å². The Morgan fingerprint density at radius 3 is 3.14 bits per heavy atom. The van der Waals surface area contributed by atoms with Crippen LogP contribution in [0.25, 0.3) is 0 Å². The zero-order valence-corrected chi connectivity index (χ0v) is 13.5. The molecule has 1 aliphatic rings. The SMILES string of the molecule is COc1ccc(C)cc1[C@H](C)NC[C@@H]1CNc2ccnn2C1. The molecular weight excluding hydrogens is 276 g/mol. The number of nitrogens with one attached hydrogen (secondary N) is 2. The van der Waals surface area contributed by atoms with Crippen LogP contribution in [0.2, 0.25) is 0 Å². The summed E-state index contributed by atoms with van der Waals surface area (Å²) < 4.78 is 7.52. The number of anilines is 1. The minimum absolute atomic E-state index is 0.258. The van der Waals surface area contributed by atoms with Crippen molar-refractivity contribution in [1.82, 2.24) is 15.1 Å². The van der Waals surface area contributed by atoms with Gasteiger partial charge in [0.15, 0.2) is 0 Å². The van der Waals surface area contributed by atoms with Gasteiger partial charge in [-0.15, -0.1) is 0 Å². The van der Waals surface area contributed by atoms with E-state index in [1.54, 1.807) is 7.11 Å². The summed E-state index contributed by atoms with van der Waals surface area (Å²) in [6, 6.07) is 8.60. The molecule has 0 aliphatic carbocycles. The van der Waals surface area contributed by atoms with Gasteiger partial charge in [0.05, 0.1) is 13.3 Å². The van der Waals surface area contributed by atoms with Gasteiger partial charge in [0, 0.05) is 43.2 Å². The molecule has 2 N–H and O–H groups in total. The van der Waals surface area contributed by atoms with Crippen LogP contribution in [0, 0.1) is 12.8 Å². The van der Waals surface area contributed by atoms with Crippen molar-refractivity contribution in [2.24, 2.45) is 5.92 Å². The van der Waals surface area contributed by atoms with Crippen LogP contribution in [-0.2, 0) is 6.54 Å². The zero-order valence-electron chi connectivity index (χ0n) is 13.5. The normalized spacial score (nSPS) is 18.4. The lowest BCUT2D eigenvalue weighted by Crippen LogP contribution is -2.36. The number of rotatable bonds is 5. The van der Waals surface area contributed by atoms with Gasteiger partial charge in [-0.1, -0.05) is 17.7 Å². The van der Waals surface area contributed by atoms with Gasteiger partial charge in [-0.25, -0.2) is 4.68 Å². The van der Waals surface area contributed by atoms with E-state index in [-0.39, 0.29) is 6.04 Å². The van der Waals surface area contributed by atoms with Crippen molar-refractivity contribution < 1.29 is 4.74 Å². The lowest BCUT2D eigenvalue weighted by Gasteiger charge is -2.27. The average Bonchev–Trinajstić information content (AvgIpc) is 3.00. The number of methoxy groups -OCH3 is 1. The minimum Gasteiger partial charge on any atom is -0.496 e. The molecule has 2 aromatic rings. The van der Waals surface area contributed by atoms with Crippen LogP contribution in [0.15, 0.2) is 30.5 Å². The fraction of sp³-hybridized carbons (Fsp3) is 0.471. The highest BCUT2D eigenvalue weighted by atomic mass is 16.5. The van der Waals surface area contributed by atoms with Gasteiger partial charge in [-0.2, -0.15) is 5.10 Å². The van der Waals surface area contributed by atoms with E-state index >= 15 is 0 Å². The second kappa shape index (κ2) is 6.40. The average molecular weight is 300 g/mol. The van der Waals surface area contributed by atoms with Crippen LogP contribution in [0.1, 0.15) is 24.1 Å². The van der Waals surface area contributed by atoms with E-state index in [1.165, 1.54) is 11.1 Å². The maximum Gasteiger partial charge on any atom is 0.124 e. The Bertz CT molecular complexity index is 637. The van der Waals surface area contributed by atoms with E-state index in [0.29, 0.717) is 5.92 Å². The molecule has 118 valence electrons. The first-order valence-electron chi connectivity index (χ1n) is 7.81. The molecule has 0 saturated heterocycles. The van der Waals surface area contributed by atoms with Crippen molar-refractivity contribution in [1.29, 1.82) is 0 Å². The van der Waals surface area contributed by atoms with Crippen LogP contribution in [0.4, 0.5) is 5.82 Å². The third kappa shape index (κ3) is 3.09. The molecule has 0 unspecified atom stereocenters. The number of benzene rings is 1. The number of hydrogen-bond acceptors (Lipinski definition) is 4. The van der Waals surface area contributed by atoms with E-state index in [9.17, 15) is 0 Å². The molecule has 0 radical (unpaired) electrons. The van der Waals surface area contributed by atoms with Gasteiger partial charge in [0.2, 0.25) is 0 Å². The molecule has 3 rings (SSSR count). The molecule has 0 spiro atoms. The van der Waals surface area contributed by atoms with E-state index in [0.717, 1.165) is 31.2 Å². The minimum atomic E-state index is 0.258. The van der Waals surface area contributed by atoms with Crippen LogP contribution < -0.4 is 15.4 Å². The maximum absolute atomic E-state index is 5.48. The van der Waals surface area contributed by atoms with Crippen molar-refractivity contribution in [3.63, 3.8) is 0 Å².